The lowest BCUT2D eigenvalue weighted by Gasteiger charge is -2.11. The van der Waals surface area contributed by atoms with E-state index in [-0.39, 0.29) is 11.9 Å². The Kier molecular flexibility index (Phi) is 3.51. The van der Waals surface area contributed by atoms with Crippen LogP contribution in [0.1, 0.15) is 6.42 Å². The largest absolute Gasteiger partial charge is 0.391 e. The van der Waals surface area contributed by atoms with Crippen LogP contribution in [0, 0.1) is 5.82 Å². The van der Waals surface area contributed by atoms with E-state index in [2.05, 4.69) is 26.1 Å². The predicted molar refractivity (Wildman–Crippen MR) is 75.8 cm³/mol. The molecule has 100 valence electrons. The van der Waals surface area contributed by atoms with Crippen LogP contribution in [-0.4, -0.2) is 34.5 Å². The monoisotopic (exact) mass is 343 g/mol. The van der Waals surface area contributed by atoms with E-state index in [0.29, 0.717) is 17.1 Å². The third kappa shape index (κ3) is 2.63. The van der Waals surface area contributed by atoms with Crippen LogP contribution in [0.25, 0.3) is 10.6 Å². The van der Waals surface area contributed by atoms with Crippen molar-refractivity contribution in [3.63, 3.8) is 0 Å². The molecule has 0 radical (unpaired) electrons. The zero-order valence-corrected chi connectivity index (χ0v) is 12.3. The first-order valence-electron chi connectivity index (χ1n) is 5.85. The lowest BCUT2D eigenvalue weighted by atomic mass is 10.2. The maximum Gasteiger partial charge on any atom is 0.208 e. The maximum absolute atomic E-state index is 13.8. The Bertz CT molecular complexity index is 606. The lowest BCUT2D eigenvalue weighted by molar-refractivity contribution is 0.198. The summed E-state index contributed by atoms with van der Waals surface area (Å²) in [5.41, 5.74) is 0.442. The Hall–Kier alpha value is -1.05. The molecule has 1 aromatic carbocycles. The summed E-state index contributed by atoms with van der Waals surface area (Å²) in [4.78, 5) is 1.97. The van der Waals surface area contributed by atoms with Crippen molar-refractivity contribution in [2.24, 2.45) is 0 Å². The highest BCUT2D eigenvalue weighted by Crippen LogP contribution is 2.33. The molecule has 0 spiro atoms. The molecule has 0 amide bonds. The molecular formula is C12H11BrFN3OS. The van der Waals surface area contributed by atoms with E-state index in [4.69, 9.17) is 0 Å². The number of aromatic nitrogens is 2. The van der Waals surface area contributed by atoms with Crippen LogP contribution < -0.4 is 4.90 Å². The molecule has 0 bridgehead atoms. The molecule has 0 saturated carbocycles. The number of halogens is 2. The Morgan fingerprint density at radius 3 is 3.00 bits per heavy atom. The average Bonchev–Trinajstić information content (AvgIpc) is 3.00. The smallest absolute Gasteiger partial charge is 0.208 e. The summed E-state index contributed by atoms with van der Waals surface area (Å²) in [6.45, 7) is 1.33. The summed E-state index contributed by atoms with van der Waals surface area (Å²) in [6.07, 6.45) is 0.426. The molecule has 1 aliphatic heterocycles. The molecule has 1 N–H and O–H groups in total. The molecule has 1 aromatic heterocycles. The Morgan fingerprint density at radius 2 is 2.26 bits per heavy atom. The molecule has 3 rings (SSSR count). The van der Waals surface area contributed by atoms with E-state index in [0.717, 1.165) is 22.6 Å². The van der Waals surface area contributed by atoms with Crippen LogP contribution in [0.5, 0.6) is 0 Å². The molecule has 2 aromatic rings. The minimum Gasteiger partial charge on any atom is -0.391 e. The van der Waals surface area contributed by atoms with Crippen molar-refractivity contribution in [2.75, 3.05) is 18.0 Å². The van der Waals surface area contributed by atoms with Gasteiger partial charge in [-0.05, 0) is 24.6 Å². The summed E-state index contributed by atoms with van der Waals surface area (Å²) >= 11 is 4.66. The fourth-order valence-corrected chi connectivity index (χ4v) is 3.29. The maximum atomic E-state index is 13.8. The molecule has 7 heteroatoms. The fourth-order valence-electron chi connectivity index (χ4n) is 2.03. The number of nitrogens with zero attached hydrogens (tertiary/aromatic N) is 3. The van der Waals surface area contributed by atoms with Crippen LogP contribution in [0.4, 0.5) is 9.52 Å². The van der Waals surface area contributed by atoms with Gasteiger partial charge in [0.25, 0.3) is 0 Å². The lowest BCUT2D eigenvalue weighted by Crippen LogP contribution is -2.20. The minimum atomic E-state index is -0.313. The van der Waals surface area contributed by atoms with Gasteiger partial charge in [0.2, 0.25) is 5.13 Å². The van der Waals surface area contributed by atoms with E-state index in [1.807, 2.05) is 4.90 Å². The number of anilines is 1. The van der Waals surface area contributed by atoms with E-state index >= 15 is 0 Å². The highest BCUT2D eigenvalue weighted by molar-refractivity contribution is 9.10. The van der Waals surface area contributed by atoms with Gasteiger partial charge in [-0.25, -0.2) is 4.39 Å². The molecule has 1 atom stereocenters. The molecule has 4 nitrogen and oxygen atoms in total. The second-order valence-electron chi connectivity index (χ2n) is 4.40. The zero-order valence-electron chi connectivity index (χ0n) is 9.88. The van der Waals surface area contributed by atoms with Crippen LogP contribution in [-0.2, 0) is 0 Å². The molecule has 1 aliphatic rings. The van der Waals surface area contributed by atoms with Crippen molar-refractivity contribution in [3.05, 3.63) is 28.5 Å². The van der Waals surface area contributed by atoms with E-state index in [1.54, 1.807) is 12.1 Å². The number of aliphatic hydroxyl groups excluding tert-OH is 1. The molecule has 1 saturated heterocycles. The molecule has 0 aliphatic carbocycles. The highest BCUT2D eigenvalue weighted by Gasteiger charge is 2.24. The van der Waals surface area contributed by atoms with Gasteiger partial charge in [0.15, 0.2) is 5.01 Å². The molecular weight excluding hydrogens is 333 g/mol. The van der Waals surface area contributed by atoms with Gasteiger partial charge in [-0.3, -0.25) is 0 Å². The summed E-state index contributed by atoms with van der Waals surface area (Å²) in [7, 11) is 0. The second-order valence-corrected chi connectivity index (χ2v) is 6.27. The zero-order chi connectivity index (χ0) is 13.4. The quantitative estimate of drug-likeness (QED) is 0.910. The van der Waals surface area contributed by atoms with Gasteiger partial charge in [-0.1, -0.05) is 27.3 Å². The van der Waals surface area contributed by atoms with E-state index in [9.17, 15) is 9.50 Å². The average molecular weight is 344 g/mol. The van der Waals surface area contributed by atoms with Crippen molar-refractivity contribution < 1.29 is 9.50 Å². The Morgan fingerprint density at radius 1 is 1.42 bits per heavy atom. The van der Waals surface area contributed by atoms with Crippen molar-refractivity contribution >= 4 is 32.4 Å². The van der Waals surface area contributed by atoms with E-state index in [1.165, 1.54) is 17.4 Å². The number of hydrogen-bond acceptors (Lipinski definition) is 5. The summed E-state index contributed by atoms with van der Waals surface area (Å²) in [6, 6.07) is 4.75. The summed E-state index contributed by atoms with van der Waals surface area (Å²) in [5.74, 6) is -0.313. The molecule has 0 unspecified atom stereocenters. The van der Waals surface area contributed by atoms with Gasteiger partial charge < -0.3 is 10.0 Å². The van der Waals surface area contributed by atoms with Crippen molar-refractivity contribution in [1.82, 2.24) is 10.2 Å². The SMILES string of the molecule is O[C@@H]1CCN(c2nnc(-c3cc(Br)ccc3F)s2)C1. The van der Waals surface area contributed by atoms with Gasteiger partial charge in [-0.2, -0.15) is 0 Å². The van der Waals surface area contributed by atoms with Gasteiger partial charge >= 0.3 is 0 Å². The molecule has 1 fully saturated rings. The molecule has 2 heterocycles. The van der Waals surface area contributed by atoms with Crippen molar-refractivity contribution in [3.8, 4) is 10.6 Å². The third-order valence-corrected chi connectivity index (χ3v) is 4.52. The second kappa shape index (κ2) is 5.15. The minimum absolute atomic E-state index is 0.310. The van der Waals surface area contributed by atoms with Crippen LogP contribution >= 0.6 is 27.3 Å². The summed E-state index contributed by atoms with van der Waals surface area (Å²) < 4.78 is 14.6. The first-order valence-corrected chi connectivity index (χ1v) is 7.46. The van der Waals surface area contributed by atoms with Crippen LogP contribution in [0.2, 0.25) is 0 Å². The summed E-state index contributed by atoms with van der Waals surface area (Å²) in [5, 5.41) is 18.9. The fraction of sp³-hybridized carbons (Fsp3) is 0.333. The van der Waals surface area contributed by atoms with E-state index < -0.39 is 0 Å². The van der Waals surface area contributed by atoms with Gasteiger partial charge in [0, 0.05) is 23.1 Å². The first-order chi connectivity index (χ1) is 9.13. The number of β-amino-alcohol motifs (C(OH)–C–C–N with tert-alkyl or cyclic N) is 1. The normalized spacial score (nSPS) is 19.1. The van der Waals surface area contributed by atoms with Crippen molar-refractivity contribution in [1.29, 1.82) is 0 Å². The number of rotatable bonds is 2. The van der Waals surface area contributed by atoms with Gasteiger partial charge in [0.05, 0.1) is 6.10 Å². The van der Waals surface area contributed by atoms with Crippen LogP contribution in [0.15, 0.2) is 22.7 Å². The Labute approximate surface area is 122 Å². The van der Waals surface area contributed by atoms with Gasteiger partial charge in [0.1, 0.15) is 5.82 Å². The van der Waals surface area contributed by atoms with Gasteiger partial charge in [-0.15, -0.1) is 10.2 Å². The first kappa shape index (κ1) is 13.0. The standard InChI is InChI=1S/C12H11BrFN3OS/c13-7-1-2-10(14)9(5-7)11-15-16-12(19-11)17-4-3-8(18)6-17/h1-2,5,8,18H,3-4,6H2/t8-/m1/s1. The highest BCUT2D eigenvalue weighted by atomic mass is 79.9. The Balaban J connectivity index is 1.90. The third-order valence-electron chi connectivity index (χ3n) is 3.01. The predicted octanol–water partition coefficient (Wildman–Crippen LogP) is 2.68. The number of hydrogen-bond donors (Lipinski definition) is 1. The number of aliphatic hydroxyl groups is 1. The molecule has 19 heavy (non-hydrogen) atoms. The van der Waals surface area contributed by atoms with Crippen LogP contribution in [0.3, 0.4) is 0 Å². The van der Waals surface area contributed by atoms with Crippen molar-refractivity contribution in [2.45, 2.75) is 12.5 Å². The number of benzene rings is 1. The topological polar surface area (TPSA) is 49.2 Å².